The van der Waals surface area contributed by atoms with Crippen molar-refractivity contribution in [3.63, 3.8) is 0 Å². The van der Waals surface area contributed by atoms with Crippen molar-refractivity contribution >= 4 is 35.0 Å². The number of carbonyl (C=O) groups is 1. The number of hydrogen-bond acceptors (Lipinski definition) is 2. The number of rotatable bonds is 5. The lowest BCUT2D eigenvalue weighted by Gasteiger charge is -2.14. The average molecular weight is 320 g/mol. The minimum atomic E-state index is -0.122. The molecular formula is C17H18ClNOS. The Morgan fingerprint density at radius 3 is 2.67 bits per heavy atom. The van der Waals surface area contributed by atoms with Gasteiger partial charge < -0.3 is 5.32 Å². The van der Waals surface area contributed by atoms with Gasteiger partial charge in [0.05, 0.1) is 5.25 Å². The van der Waals surface area contributed by atoms with Crippen LogP contribution in [0.3, 0.4) is 0 Å². The van der Waals surface area contributed by atoms with E-state index < -0.39 is 0 Å². The van der Waals surface area contributed by atoms with Gasteiger partial charge in [0.1, 0.15) is 0 Å². The first-order chi connectivity index (χ1) is 10.1. The maximum atomic E-state index is 12.2. The maximum absolute atomic E-state index is 12.2. The smallest absolute Gasteiger partial charge is 0.237 e. The van der Waals surface area contributed by atoms with Crippen LogP contribution in [0, 0.1) is 6.92 Å². The number of thioether (sulfide) groups is 1. The molecular weight excluding hydrogens is 302 g/mol. The molecule has 0 aromatic heterocycles. The van der Waals surface area contributed by atoms with E-state index >= 15 is 0 Å². The van der Waals surface area contributed by atoms with Crippen LogP contribution in [0.15, 0.2) is 48.5 Å². The van der Waals surface area contributed by atoms with Crippen molar-refractivity contribution < 1.29 is 4.79 Å². The molecule has 1 amide bonds. The van der Waals surface area contributed by atoms with E-state index in [9.17, 15) is 4.79 Å². The fraction of sp³-hybridized carbons (Fsp3) is 0.235. The Kier molecular flexibility index (Phi) is 5.71. The third-order valence-corrected chi connectivity index (χ3v) is 4.62. The molecule has 110 valence electrons. The van der Waals surface area contributed by atoms with Crippen LogP contribution >= 0.6 is 23.4 Å². The second-order valence-electron chi connectivity index (χ2n) is 4.89. The minimum Gasteiger partial charge on any atom is -0.325 e. The van der Waals surface area contributed by atoms with Crippen molar-refractivity contribution in [3.05, 3.63) is 64.7 Å². The molecule has 0 heterocycles. The van der Waals surface area contributed by atoms with Gasteiger partial charge in [-0.25, -0.2) is 0 Å². The molecule has 21 heavy (non-hydrogen) atoms. The van der Waals surface area contributed by atoms with Crippen molar-refractivity contribution in [2.24, 2.45) is 0 Å². The molecule has 0 aliphatic carbocycles. The minimum absolute atomic E-state index is 0.00120. The second-order valence-corrected chi connectivity index (χ2v) is 6.65. The Balaban J connectivity index is 1.92. The summed E-state index contributed by atoms with van der Waals surface area (Å²) in [7, 11) is 0. The van der Waals surface area contributed by atoms with Crippen LogP contribution in [-0.2, 0) is 10.5 Å². The third-order valence-electron chi connectivity index (χ3n) is 3.17. The summed E-state index contributed by atoms with van der Waals surface area (Å²) >= 11 is 7.59. The highest BCUT2D eigenvalue weighted by Crippen LogP contribution is 2.23. The van der Waals surface area contributed by atoms with Crippen LogP contribution in [-0.4, -0.2) is 11.2 Å². The van der Waals surface area contributed by atoms with Crippen LogP contribution in [0.1, 0.15) is 18.1 Å². The highest BCUT2D eigenvalue weighted by molar-refractivity contribution is 7.99. The Labute approximate surface area is 134 Å². The maximum Gasteiger partial charge on any atom is 0.237 e. The molecule has 2 aromatic rings. The van der Waals surface area contributed by atoms with Crippen molar-refractivity contribution in [1.29, 1.82) is 0 Å². The van der Waals surface area contributed by atoms with Crippen LogP contribution in [0.2, 0.25) is 5.02 Å². The summed E-state index contributed by atoms with van der Waals surface area (Å²) in [5.41, 5.74) is 3.01. The number of hydrogen-bond donors (Lipinski definition) is 1. The number of benzene rings is 2. The van der Waals surface area contributed by atoms with Gasteiger partial charge in [0.15, 0.2) is 0 Å². The normalized spacial score (nSPS) is 12.0. The number of carbonyl (C=O) groups excluding carboxylic acids is 1. The lowest BCUT2D eigenvalue weighted by Crippen LogP contribution is -2.23. The largest absolute Gasteiger partial charge is 0.325 e. The first-order valence-electron chi connectivity index (χ1n) is 6.79. The summed E-state index contributed by atoms with van der Waals surface area (Å²) in [6, 6.07) is 15.7. The van der Waals surface area contributed by atoms with Crippen molar-refractivity contribution in [1.82, 2.24) is 0 Å². The number of aryl methyl sites for hydroxylation is 1. The van der Waals surface area contributed by atoms with Crippen LogP contribution in [0.5, 0.6) is 0 Å². The third kappa shape index (κ3) is 4.80. The molecule has 4 heteroatoms. The van der Waals surface area contributed by atoms with E-state index in [0.29, 0.717) is 5.02 Å². The molecule has 0 aliphatic rings. The van der Waals surface area contributed by atoms with Gasteiger partial charge in [-0.1, -0.05) is 48.0 Å². The monoisotopic (exact) mass is 319 g/mol. The molecule has 2 rings (SSSR count). The number of anilines is 1. The van der Waals surface area contributed by atoms with Gasteiger partial charge in [-0.3, -0.25) is 4.79 Å². The molecule has 0 aliphatic heterocycles. The number of nitrogens with one attached hydrogen (secondary N) is 1. The molecule has 0 spiro atoms. The van der Waals surface area contributed by atoms with Crippen molar-refractivity contribution in [2.75, 3.05) is 5.32 Å². The van der Waals surface area contributed by atoms with Gasteiger partial charge in [-0.2, -0.15) is 0 Å². The molecule has 0 saturated heterocycles. The summed E-state index contributed by atoms with van der Waals surface area (Å²) in [5, 5.41) is 3.45. The Bertz CT molecular complexity index is 615. The van der Waals surface area contributed by atoms with Gasteiger partial charge in [0.25, 0.3) is 0 Å². The lowest BCUT2D eigenvalue weighted by atomic mass is 10.2. The fourth-order valence-corrected chi connectivity index (χ4v) is 2.85. The van der Waals surface area contributed by atoms with Crippen molar-refractivity contribution in [2.45, 2.75) is 24.9 Å². The van der Waals surface area contributed by atoms with Crippen LogP contribution < -0.4 is 5.32 Å². The molecule has 2 aromatic carbocycles. The van der Waals surface area contributed by atoms with Crippen LogP contribution in [0.4, 0.5) is 5.69 Å². The number of amides is 1. The van der Waals surface area contributed by atoms with E-state index in [0.717, 1.165) is 17.0 Å². The highest BCUT2D eigenvalue weighted by Gasteiger charge is 2.14. The Morgan fingerprint density at radius 1 is 1.24 bits per heavy atom. The zero-order valence-electron chi connectivity index (χ0n) is 12.1. The summed E-state index contributed by atoms with van der Waals surface area (Å²) in [5.74, 6) is 0.825. The SMILES string of the molecule is Cc1ccc(Cl)cc1NC(=O)[C@H](C)SCc1ccccc1. The van der Waals surface area contributed by atoms with Gasteiger partial charge in [0.2, 0.25) is 5.91 Å². The summed E-state index contributed by atoms with van der Waals surface area (Å²) < 4.78 is 0. The molecule has 0 fully saturated rings. The average Bonchev–Trinajstić information content (AvgIpc) is 2.49. The Hall–Kier alpha value is -1.45. The highest BCUT2D eigenvalue weighted by atomic mass is 35.5. The van der Waals surface area contributed by atoms with Gasteiger partial charge in [0, 0.05) is 16.5 Å². The zero-order valence-corrected chi connectivity index (χ0v) is 13.7. The predicted molar refractivity (Wildman–Crippen MR) is 92.0 cm³/mol. The zero-order chi connectivity index (χ0) is 15.2. The molecule has 0 unspecified atom stereocenters. The van der Waals surface area contributed by atoms with Gasteiger partial charge >= 0.3 is 0 Å². The molecule has 0 bridgehead atoms. The molecule has 0 radical (unpaired) electrons. The Morgan fingerprint density at radius 2 is 1.95 bits per heavy atom. The summed E-state index contributed by atoms with van der Waals surface area (Å²) in [6.45, 7) is 3.87. The summed E-state index contributed by atoms with van der Waals surface area (Å²) in [4.78, 5) is 12.2. The number of halogens is 1. The molecule has 1 N–H and O–H groups in total. The van der Waals surface area contributed by atoms with E-state index in [4.69, 9.17) is 11.6 Å². The van der Waals surface area contributed by atoms with E-state index in [1.165, 1.54) is 5.56 Å². The quantitative estimate of drug-likeness (QED) is 0.848. The van der Waals surface area contributed by atoms with Crippen LogP contribution in [0.25, 0.3) is 0 Å². The topological polar surface area (TPSA) is 29.1 Å². The predicted octanol–water partition coefficient (Wildman–Crippen LogP) is 4.91. The standard InChI is InChI=1S/C17H18ClNOS/c1-12-8-9-15(18)10-16(12)19-17(20)13(2)21-11-14-6-4-3-5-7-14/h3-10,13H,11H2,1-2H3,(H,19,20)/t13-/m0/s1. The molecule has 2 nitrogen and oxygen atoms in total. The first-order valence-corrected chi connectivity index (χ1v) is 8.21. The lowest BCUT2D eigenvalue weighted by molar-refractivity contribution is -0.115. The summed E-state index contributed by atoms with van der Waals surface area (Å²) in [6.07, 6.45) is 0. The van der Waals surface area contributed by atoms with E-state index in [2.05, 4.69) is 17.4 Å². The van der Waals surface area contributed by atoms with Gasteiger partial charge in [-0.05, 0) is 37.1 Å². The fourth-order valence-electron chi connectivity index (χ4n) is 1.83. The molecule has 1 atom stereocenters. The van der Waals surface area contributed by atoms with Crippen molar-refractivity contribution in [3.8, 4) is 0 Å². The van der Waals surface area contributed by atoms with Gasteiger partial charge in [-0.15, -0.1) is 11.8 Å². The van der Waals surface area contributed by atoms with E-state index in [1.807, 2.05) is 44.2 Å². The second kappa shape index (κ2) is 7.53. The molecule has 0 saturated carbocycles. The van der Waals surface area contributed by atoms with E-state index in [-0.39, 0.29) is 11.2 Å². The first kappa shape index (κ1) is 15.9. The van der Waals surface area contributed by atoms with E-state index in [1.54, 1.807) is 17.8 Å².